The van der Waals surface area contributed by atoms with Crippen molar-refractivity contribution in [2.45, 2.75) is 17.9 Å². The Morgan fingerprint density at radius 3 is 2.80 bits per heavy atom. The van der Waals surface area contributed by atoms with Crippen molar-refractivity contribution < 1.29 is 13.2 Å². The summed E-state index contributed by atoms with van der Waals surface area (Å²) in [7, 11) is -3.72. The van der Waals surface area contributed by atoms with E-state index in [4.69, 9.17) is 0 Å². The number of nitrogens with one attached hydrogen (secondary N) is 2. The van der Waals surface area contributed by atoms with Crippen LogP contribution in [-0.2, 0) is 23.0 Å². The summed E-state index contributed by atoms with van der Waals surface area (Å²) in [5, 5.41) is 12.9. The predicted molar refractivity (Wildman–Crippen MR) is 114 cm³/mol. The number of thiophene rings is 1. The van der Waals surface area contributed by atoms with Crippen molar-refractivity contribution in [2.75, 3.05) is 6.54 Å². The van der Waals surface area contributed by atoms with Crippen LogP contribution in [0.25, 0.3) is 5.65 Å². The Morgan fingerprint density at radius 1 is 1.07 bits per heavy atom. The van der Waals surface area contributed by atoms with Crippen LogP contribution in [0.3, 0.4) is 0 Å². The molecule has 0 aliphatic rings. The van der Waals surface area contributed by atoms with E-state index in [1.54, 1.807) is 12.1 Å². The van der Waals surface area contributed by atoms with E-state index in [-0.39, 0.29) is 22.9 Å². The van der Waals surface area contributed by atoms with E-state index in [9.17, 15) is 13.2 Å². The van der Waals surface area contributed by atoms with Gasteiger partial charge in [-0.3, -0.25) is 9.20 Å². The van der Waals surface area contributed by atoms with E-state index in [1.807, 2.05) is 46.3 Å². The number of sulfonamides is 1. The summed E-state index contributed by atoms with van der Waals surface area (Å²) in [6.07, 6.45) is 2.36. The van der Waals surface area contributed by atoms with Crippen LogP contribution in [-0.4, -0.2) is 35.5 Å². The Bertz CT molecular complexity index is 1270. The maximum absolute atomic E-state index is 12.5. The highest BCUT2D eigenvalue weighted by atomic mass is 32.2. The Balaban J connectivity index is 1.38. The fourth-order valence-corrected chi connectivity index (χ4v) is 4.71. The molecule has 0 aliphatic carbocycles. The first-order valence-electron chi connectivity index (χ1n) is 9.22. The second-order valence-corrected chi connectivity index (χ2v) is 9.28. The summed E-state index contributed by atoms with van der Waals surface area (Å²) >= 11 is 1.47. The highest BCUT2D eigenvalue weighted by Crippen LogP contribution is 2.14. The zero-order chi connectivity index (χ0) is 21.0. The van der Waals surface area contributed by atoms with Gasteiger partial charge in [-0.25, -0.2) is 13.1 Å². The molecule has 154 valence electrons. The van der Waals surface area contributed by atoms with Crippen LogP contribution in [0.1, 0.15) is 21.1 Å². The molecule has 0 fully saturated rings. The molecule has 8 nitrogen and oxygen atoms in total. The first kappa shape index (κ1) is 20.2. The normalized spacial score (nSPS) is 11.6. The molecule has 1 aromatic carbocycles. The van der Waals surface area contributed by atoms with E-state index >= 15 is 0 Å². The lowest BCUT2D eigenvalue weighted by atomic mass is 10.2. The van der Waals surface area contributed by atoms with Crippen LogP contribution in [0.5, 0.6) is 0 Å². The number of carbonyl (C=O) groups excluding carboxylic acids is 1. The van der Waals surface area contributed by atoms with E-state index in [2.05, 4.69) is 20.2 Å². The largest absolute Gasteiger partial charge is 0.352 e. The fourth-order valence-electron chi connectivity index (χ4n) is 2.92. The zero-order valence-electron chi connectivity index (χ0n) is 15.9. The molecule has 4 aromatic rings. The number of hydrogen-bond acceptors (Lipinski definition) is 6. The number of hydrogen-bond donors (Lipinski definition) is 2. The van der Waals surface area contributed by atoms with E-state index in [0.717, 1.165) is 16.3 Å². The quantitative estimate of drug-likeness (QED) is 0.436. The SMILES string of the molecule is O=C(NCCc1nnc2ccccn12)c1cccc(S(=O)(=O)NCc2cccs2)c1. The minimum atomic E-state index is -3.72. The van der Waals surface area contributed by atoms with E-state index in [1.165, 1.54) is 23.5 Å². The zero-order valence-corrected chi connectivity index (χ0v) is 17.5. The van der Waals surface area contributed by atoms with Gasteiger partial charge in [-0.05, 0) is 41.8 Å². The summed E-state index contributed by atoms with van der Waals surface area (Å²) < 4.78 is 29.5. The van der Waals surface area contributed by atoms with E-state index < -0.39 is 10.0 Å². The maximum atomic E-state index is 12.5. The van der Waals surface area contributed by atoms with Gasteiger partial charge in [0.25, 0.3) is 5.91 Å². The van der Waals surface area contributed by atoms with Gasteiger partial charge in [-0.15, -0.1) is 21.5 Å². The first-order chi connectivity index (χ1) is 14.5. The van der Waals surface area contributed by atoms with Crippen LogP contribution in [0.2, 0.25) is 0 Å². The van der Waals surface area contributed by atoms with Crippen LogP contribution in [0, 0.1) is 0 Å². The molecule has 1 amide bonds. The topological polar surface area (TPSA) is 105 Å². The van der Waals surface area contributed by atoms with Crippen LogP contribution < -0.4 is 10.0 Å². The van der Waals surface area contributed by atoms with Crippen molar-refractivity contribution in [3.63, 3.8) is 0 Å². The third kappa shape index (κ3) is 4.56. The number of amides is 1. The lowest BCUT2D eigenvalue weighted by Gasteiger charge is -2.08. The summed E-state index contributed by atoms with van der Waals surface area (Å²) in [6.45, 7) is 0.560. The minimum absolute atomic E-state index is 0.0511. The van der Waals surface area contributed by atoms with Crippen molar-refractivity contribution in [3.05, 3.63) is 82.4 Å². The van der Waals surface area contributed by atoms with Crippen molar-refractivity contribution in [1.29, 1.82) is 0 Å². The molecule has 0 saturated heterocycles. The minimum Gasteiger partial charge on any atom is -0.352 e. The third-order valence-electron chi connectivity index (χ3n) is 4.44. The molecule has 2 N–H and O–H groups in total. The van der Waals surface area contributed by atoms with Gasteiger partial charge in [0.15, 0.2) is 5.65 Å². The van der Waals surface area contributed by atoms with Gasteiger partial charge in [-0.1, -0.05) is 18.2 Å². The monoisotopic (exact) mass is 441 g/mol. The number of nitrogens with zero attached hydrogens (tertiary/aromatic N) is 3. The lowest BCUT2D eigenvalue weighted by Crippen LogP contribution is -2.27. The number of pyridine rings is 1. The van der Waals surface area contributed by atoms with Gasteiger partial charge >= 0.3 is 0 Å². The molecule has 3 aromatic heterocycles. The van der Waals surface area contributed by atoms with Crippen LogP contribution in [0.4, 0.5) is 0 Å². The lowest BCUT2D eigenvalue weighted by molar-refractivity contribution is 0.0953. The molecule has 0 atom stereocenters. The average molecular weight is 442 g/mol. The van der Waals surface area contributed by atoms with Gasteiger partial charge in [0.05, 0.1) is 4.90 Å². The van der Waals surface area contributed by atoms with E-state index in [0.29, 0.717) is 13.0 Å². The molecule has 30 heavy (non-hydrogen) atoms. The predicted octanol–water partition coefficient (Wildman–Crippen LogP) is 2.24. The molecule has 4 rings (SSSR count). The molecule has 0 saturated carbocycles. The third-order valence-corrected chi connectivity index (χ3v) is 6.72. The van der Waals surface area contributed by atoms with Gasteiger partial charge in [0.2, 0.25) is 10.0 Å². The molecule has 0 bridgehead atoms. The Hall–Kier alpha value is -3.08. The molecule has 0 aliphatic heterocycles. The Morgan fingerprint density at radius 2 is 1.97 bits per heavy atom. The number of rotatable bonds is 8. The highest BCUT2D eigenvalue weighted by molar-refractivity contribution is 7.89. The molecule has 3 heterocycles. The summed E-state index contributed by atoms with van der Waals surface area (Å²) in [6, 6.07) is 15.3. The molecular weight excluding hydrogens is 422 g/mol. The van der Waals surface area contributed by atoms with Crippen molar-refractivity contribution >= 4 is 32.9 Å². The summed E-state index contributed by atoms with van der Waals surface area (Å²) in [5.74, 6) is 0.388. The summed E-state index contributed by atoms with van der Waals surface area (Å²) in [5.41, 5.74) is 1.02. The molecule has 0 unspecified atom stereocenters. The Labute approximate surface area is 177 Å². The Kier molecular flexibility index (Phi) is 5.88. The van der Waals surface area contributed by atoms with Crippen molar-refractivity contribution in [2.24, 2.45) is 0 Å². The number of carbonyl (C=O) groups is 1. The first-order valence-corrected chi connectivity index (χ1v) is 11.6. The van der Waals surface area contributed by atoms with Gasteiger partial charge in [0.1, 0.15) is 5.82 Å². The molecule has 10 heteroatoms. The molecule has 0 radical (unpaired) electrons. The number of benzene rings is 1. The van der Waals surface area contributed by atoms with Crippen LogP contribution in [0.15, 0.2) is 71.1 Å². The average Bonchev–Trinajstić information content (AvgIpc) is 3.43. The number of aromatic nitrogens is 3. The van der Waals surface area contributed by atoms with Gasteiger partial charge in [0, 0.05) is 36.1 Å². The van der Waals surface area contributed by atoms with Gasteiger partial charge < -0.3 is 5.32 Å². The summed E-state index contributed by atoms with van der Waals surface area (Å²) in [4.78, 5) is 13.5. The van der Waals surface area contributed by atoms with Crippen molar-refractivity contribution in [3.8, 4) is 0 Å². The molecule has 0 spiro atoms. The smallest absolute Gasteiger partial charge is 0.251 e. The highest BCUT2D eigenvalue weighted by Gasteiger charge is 2.16. The maximum Gasteiger partial charge on any atom is 0.251 e. The van der Waals surface area contributed by atoms with Crippen LogP contribution >= 0.6 is 11.3 Å². The second kappa shape index (κ2) is 8.74. The fraction of sp³-hybridized carbons (Fsp3) is 0.150. The van der Waals surface area contributed by atoms with Gasteiger partial charge in [-0.2, -0.15) is 0 Å². The second-order valence-electron chi connectivity index (χ2n) is 6.48. The molecular formula is C20H19N5O3S2. The van der Waals surface area contributed by atoms with Crippen molar-refractivity contribution in [1.82, 2.24) is 24.6 Å². The standard InChI is InChI=1S/C20H19N5O3S2/c26-20(21-10-9-19-24-23-18-8-1-2-11-25(18)19)15-5-3-7-17(13-15)30(27,28)22-14-16-6-4-12-29-16/h1-8,11-13,22H,9-10,14H2,(H,21,26). The number of fused-ring (bicyclic) bond motifs is 1.